The Bertz CT molecular complexity index is 1090. The van der Waals surface area contributed by atoms with Gasteiger partial charge in [0, 0.05) is 12.1 Å². The van der Waals surface area contributed by atoms with Crippen LogP contribution in [0.1, 0.15) is 36.9 Å². The number of ether oxygens (including phenoxy) is 2. The van der Waals surface area contributed by atoms with E-state index in [9.17, 15) is 14.7 Å². The summed E-state index contributed by atoms with van der Waals surface area (Å²) in [6.45, 7) is 6.31. The number of methoxy groups -OCH3 is 1. The van der Waals surface area contributed by atoms with Crippen molar-refractivity contribution in [3.8, 4) is 11.5 Å². The summed E-state index contributed by atoms with van der Waals surface area (Å²) < 4.78 is 10.8. The van der Waals surface area contributed by atoms with Gasteiger partial charge in [-0.05, 0) is 36.2 Å². The highest BCUT2D eigenvalue weighted by Crippen LogP contribution is 2.42. The van der Waals surface area contributed by atoms with Gasteiger partial charge in [-0.3, -0.25) is 9.59 Å². The third kappa shape index (κ3) is 5.02. The average Bonchev–Trinajstić information content (AvgIpc) is 3.05. The molecular weight excluding hydrogens is 465 g/mol. The number of hydrogen-bond acceptors (Lipinski definition) is 5. The first-order valence-electron chi connectivity index (χ1n) is 10.5. The van der Waals surface area contributed by atoms with E-state index in [-0.39, 0.29) is 32.7 Å². The second-order valence-corrected chi connectivity index (χ2v) is 8.31. The zero-order valence-electron chi connectivity index (χ0n) is 18.4. The van der Waals surface area contributed by atoms with Crippen molar-refractivity contribution in [3.05, 3.63) is 75.8 Å². The molecule has 2 aromatic carbocycles. The minimum Gasteiger partial charge on any atom is -0.507 e. The van der Waals surface area contributed by atoms with Crippen molar-refractivity contribution >= 4 is 40.7 Å². The Kier molecular flexibility index (Phi) is 8.06. The van der Waals surface area contributed by atoms with Crippen molar-refractivity contribution in [1.29, 1.82) is 0 Å². The lowest BCUT2D eigenvalue weighted by atomic mass is 9.95. The maximum absolute atomic E-state index is 13.1. The van der Waals surface area contributed by atoms with Crippen molar-refractivity contribution in [3.63, 3.8) is 0 Å². The number of likely N-dealkylation sites (tertiary alicyclic amines) is 1. The first-order valence-corrected chi connectivity index (χ1v) is 11.2. The van der Waals surface area contributed by atoms with Gasteiger partial charge in [0.1, 0.15) is 18.1 Å². The lowest BCUT2D eigenvalue weighted by Crippen LogP contribution is -2.30. The number of hydrogen-bond donors (Lipinski definition) is 1. The number of ketones is 1. The molecule has 1 aliphatic rings. The number of halogens is 2. The minimum atomic E-state index is -0.788. The Morgan fingerprint density at radius 2 is 1.91 bits per heavy atom. The Hall–Kier alpha value is -2.96. The summed E-state index contributed by atoms with van der Waals surface area (Å²) in [5, 5.41) is 11.5. The number of rotatable bonds is 9. The minimum absolute atomic E-state index is 0.0331. The molecule has 3 rings (SSSR count). The standard InChI is InChI=1S/C25H25Cl2NO5/c1-4-6-10-28-21(15-8-7-9-17(12-15)33-11-5-2)20(23(30)25(28)31)22(29)16-13-18(26)24(32-3)19(27)14-16/h5,7-9,12-14,21,29H,2,4,6,10-11H2,1,3H3/b22-20+. The second kappa shape index (κ2) is 10.8. The smallest absolute Gasteiger partial charge is 0.295 e. The van der Waals surface area contributed by atoms with Crippen LogP contribution in [-0.2, 0) is 9.59 Å². The van der Waals surface area contributed by atoms with Crippen molar-refractivity contribution < 1.29 is 24.2 Å². The van der Waals surface area contributed by atoms with Gasteiger partial charge in [0.15, 0.2) is 5.75 Å². The molecule has 8 heteroatoms. The fraction of sp³-hybridized carbons (Fsp3) is 0.280. The molecule has 6 nitrogen and oxygen atoms in total. The molecule has 0 saturated carbocycles. The average molecular weight is 490 g/mol. The molecule has 174 valence electrons. The zero-order chi connectivity index (χ0) is 24.1. The third-order valence-corrected chi connectivity index (χ3v) is 5.87. The van der Waals surface area contributed by atoms with Gasteiger partial charge in [0.05, 0.1) is 28.8 Å². The van der Waals surface area contributed by atoms with Crippen LogP contribution in [0.2, 0.25) is 10.0 Å². The van der Waals surface area contributed by atoms with Crippen LogP contribution in [0.25, 0.3) is 5.76 Å². The highest BCUT2D eigenvalue weighted by atomic mass is 35.5. The van der Waals surface area contributed by atoms with Crippen LogP contribution in [-0.4, -0.2) is 42.0 Å². The number of nitrogens with zero attached hydrogens (tertiary/aromatic N) is 1. The van der Waals surface area contributed by atoms with E-state index in [1.165, 1.54) is 24.1 Å². The van der Waals surface area contributed by atoms with E-state index in [0.717, 1.165) is 6.42 Å². The Morgan fingerprint density at radius 3 is 2.52 bits per heavy atom. The molecule has 1 saturated heterocycles. The van der Waals surface area contributed by atoms with E-state index in [1.54, 1.807) is 30.3 Å². The summed E-state index contributed by atoms with van der Waals surface area (Å²) in [6.07, 6.45) is 3.16. The molecule has 1 amide bonds. The number of amides is 1. The van der Waals surface area contributed by atoms with Crippen LogP contribution >= 0.6 is 23.2 Å². The molecular formula is C25H25Cl2NO5. The van der Waals surface area contributed by atoms with Gasteiger partial charge in [0.25, 0.3) is 11.7 Å². The number of Topliss-reactive ketones (excluding diaryl/α,β-unsaturated/α-hetero) is 1. The van der Waals surface area contributed by atoms with E-state index in [0.29, 0.717) is 30.9 Å². The molecule has 0 radical (unpaired) electrons. The Morgan fingerprint density at radius 1 is 1.21 bits per heavy atom. The summed E-state index contributed by atoms with van der Waals surface area (Å²) in [7, 11) is 1.42. The summed E-state index contributed by atoms with van der Waals surface area (Å²) in [4.78, 5) is 27.5. The first kappa shape index (κ1) is 24.7. The Labute approximate surface area is 203 Å². The maximum Gasteiger partial charge on any atom is 0.295 e. The van der Waals surface area contributed by atoms with Crippen molar-refractivity contribution in [2.45, 2.75) is 25.8 Å². The molecule has 0 aliphatic carbocycles. The fourth-order valence-electron chi connectivity index (χ4n) is 3.76. The SMILES string of the molecule is C=CCOc1cccc(C2/C(=C(\O)c3cc(Cl)c(OC)c(Cl)c3)C(=O)C(=O)N2CCCC)c1. The van der Waals surface area contributed by atoms with Gasteiger partial charge < -0.3 is 19.5 Å². The van der Waals surface area contributed by atoms with Crippen molar-refractivity contribution in [2.24, 2.45) is 0 Å². The number of aliphatic hydroxyl groups is 1. The molecule has 1 N–H and O–H groups in total. The lowest BCUT2D eigenvalue weighted by Gasteiger charge is -2.25. The normalized spacial score (nSPS) is 17.3. The molecule has 1 fully saturated rings. The second-order valence-electron chi connectivity index (χ2n) is 7.49. The van der Waals surface area contributed by atoms with Crippen molar-refractivity contribution in [1.82, 2.24) is 4.90 Å². The number of benzene rings is 2. The molecule has 0 spiro atoms. The maximum atomic E-state index is 13.1. The molecule has 1 atom stereocenters. The largest absolute Gasteiger partial charge is 0.507 e. The van der Waals surface area contributed by atoms with E-state index in [1.807, 2.05) is 6.92 Å². The van der Waals surface area contributed by atoms with E-state index in [2.05, 4.69) is 6.58 Å². The van der Waals surface area contributed by atoms with Crippen LogP contribution < -0.4 is 9.47 Å². The van der Waals surface area contributed by atoms with Gasteiger partial charge >= 0.3 is 0 Å². The zero-order valence-corrected chi connectivity index (χ0v) is 19.9. The summed E-state index contributed by atoms with van der Waals surface area (Å²) >= 11 is 12.5. The number of unbranched alkanes of at least 4 members (excludes halogenated alkanes) is 1. The van der Waals surface area contributed by atoms with E-state index >= 15 is 0 Å². The molecule has 1 heterocycles. The van der Waals surface area contributed by atoms with Crippen molar-refractivity contribution in [2.75, 3.05) is 20.3 Å². The monoisotopic (exact) mass is 489 g/mol. The number of aliphatic hydroxyl groups excluding tert-OH is 1. The van der Waals surface area contributed by atoms with Gasteiger partial charge in [-0.15, -0.1) is 0 Å². The van der Waals surface area contributed by atoms with Gasteiger partial charge in [-0.25, -0.2) is 0 Å². The van der Waals surface area contributed by atoms with E-state index in [4.69, 9.17) is 32.7 Å². The molecule has 0 bridgehead atoms. The summed E-state index contributed by atoms with van der Waals surface area (Å²) in [6, 6.07) is 9.19. The lowest BCUT2D eigenvalue weighted by molar-refractivity contribution is -0.139. The fourth-order valence-corrected chi connectivity index (χ4v) is 4.40. The third-order valence-electron chi connectivity index (χ3n) is 5.31. The van der Waals surface area contributed by atoms with Crippen LogP contribution in [0.15, 0.2) is 54.6 Å². The highest BCUT2D eigenvalue weighted by Gasteiger charge is 2.46. The number of carbonyl (C=O) groups excluding carboxylic acids is 2. The number of carbonyl (C=O) groups is 2. The van der Waals surface area contributed by atoms with Gasteiger partial charge in [-0.2, -0.15) is 0 Å². The molecule has 2 aromatic rings. The van der Waals surface area contributed by atoms with Crippen LogP contribution in [0.5, 0.6) is 11.5 Å². The molecule has 33 heavy (non-hydrogen) atoms. The highest BCUT2D eigenvalue weighted by molar-refractivity contribution is 6.46. The predicted molar refractivity (Wildman–Crippen MR) is 129 cm³/mol. The molecule has 1 aliphatic heterocycles. The van der Waals surface area contributed by atoms with Crippen LogP contribution in [0.4, 0.5) is 0 Å². The van der Waals surface area contributed by atoms with Crippen LogP contribution in [0, 0.1) is 0 Å². The summed E-state index contributed by atoms with van der Waals surface area (Å²) in [5.74, 6) is -0.987. The van der Waals surface area contributed by atoms with Crippen LogP contribution in [0.3, 0.4) is 0 Å². The summed E-state index contributed by atoms with van der Waals surface area (Å²) in [5.41, 5.74) is 0.816. The van der Waals surface area contributed by atoms with E-state index < -0.39 is 17.7 Å². The van der Waals surface area contributed by atoms with Gasteiger partial charge in [-0.1, -0.05) is 61.3 Å². The molecule has 0 aromatic heterocycles. The Balaban J connectivity index is 2.18. The molecule has 1 unspecified atom stereocenters. The van der Waals surface area contributed by atoms with Gasteiger partial charge in [0.2, 0.25) is 0 Å². The predicted octanol–water partition coefficient (Wildman–Crippen LogP) is 5.79. The quantitative estimate of drug-likeness (QED) is 0.209. The topological polar surface area (TPSA) is 76.1 Å². The first-order chi connectivity index (χ1) is 15.8.